The zero-order chi connectivity index (χ0) is 76.7. The highest BCUT2D eigenvalue weighted by molar-refractivity contribution is 7.47. The first kappa shape index (κ1) is 102. The molecule has 0 amide bonds. The highest BCUT2D eigenvalue weighted by atomic mass is 31.2. The second-order valence-electron chi connectivity index (χ2n) is 32.0. The number of ether oxygens (including phenoxy) is 4. The summed E-state index contributed by atoms with van der Waals surface area (Å²) in [6.07, 6.45) is 62.7. The van der Waals surface area contributed by atoms with Crippen molar-refractivity contribution in [1.29, 1.82) is 0 Å². The molecule has 104 heavy (non-hydrogen) atoms. The molecular formula is C85H166O17P2. The fraction of sp³-hybridized carbons (Fsp3) is 0.953. The lowest BCUT2D eigenvalue weighted by Crippen LogP contribution is -2.30. The summed E-state index contributed by atoms with van der Waals surface area (Å²) in [6.45, 7) is 14.3. The van der Waals surface area contributed by atoms with E-state index < -0.39 is 97.5 Å². The van der Waals surface area contributed by atoms with Crippen LogP contribution in [-0.4, -0.2) is 96.7 Å². The first-order valence-electron chi connectivity index (χ1n) is 43.8. The van der Waals surface area contributed by atoms with Crippen molar-refractivity contribution in [3.05, 3.63) is 0 Å². The summed E-state index contributed by atoms with van der Waals surface area (Å²) in [5.74, 6) is 1.04. The van der Waals surface area contributed by atoms with Gasteiger partial charge in [0.2, 0.25) is 0 Å². The molecule has 19 heteroatoms. The van der Waals surface area contributed by atoms with E-state index in [9.17, 15) is 43.2 Å². The zero-order valence-corrected chi connectivity index (χ0v) is 70.5. The van der Waals surface area contributed by atoms with Gasteiger partial charge in [-0.15, -0.1) is 0 Å². The SMILES string of the molecule is CCC(C)CCCCCCCCCCCCCCCCCCCCC(=O)O[C@H](COC(=O)CCCCCCCCC(C)CC)COP(=O)(O)OC[C@H](O)COP(=O)(O)OC[C@@H](COC(=O)CCCCCCCCCCC(C)C)OC(=O)CCCCCCCCCCCCCCCCCCCCC(C)C. The Morgan fingerprint density at radius 3 is 0.683 bits per heavy atom. The number of unbranched alkanes of at least 4 members (excludes halogenated alkanes) is 46. The molecule has 3 N–H and O–H groups in total. The molecule has 0 aliphatic rings. The minimum atomic E-state index is -4.96. The maximum absolute atomic E-state index is 13.1. The van der Waals surface area contributed by atoms with Crippen LogP contribution in [-0.2, 0) is 65.4 Å². The molecule has 0 saturated heterocycles. The van der Waals surface area contributed by atoms with Crippen LogP contribution < -0.4 is 0 Å². The van der Waals surface area contributed by atoms with Gasteiger partial charge >= 0.3 is 39.5 Å². The quantitative estimate of drug-likeness (QED) is 0.0222. The molecule has 7 atom stereocenters. The van der Waals surface area contributed by atoms with Crippen LogP contribution in [0.25, 0.3) is 0 Å². The Kier molecular flexibility index (Phi) is 72.5. The molecule has 618 valence electrons. The molecule has 4 unspecified atom stereocenters. The van der Waals surface area contributed by atoms with Crippen LogP contribution in [0.2, 0.25) is 0 Å². The number of hydrogen-bond acceptors (Lipinski definition) is 15. The molecule has 0 bridgehead atoms. The van der Waals surface area contributed by atoms with Gasteiger partial charge in [-0.3, -0.25) is 37.3 Å². The third kappa shape index (κ3) is 75.5. The number of phosphoric acid groups is 2. The Morgan fingerprint density at radius 1 is 0.269 bits per heavy atom. The topological polar surface area (TPSA) is 237 Å². The maximum Gasteiger partial charge on any atom is 0.472 e. The monoisotopic (exact) mass is 1520 g/mol. The van der Waals surface area contributed by atoms with Crippen LogP contribution in [0.15, 0.2) is 0 Å². The summed E-state index contributed by atoms with van der Waals surface area (Å²) >= 11 is 0. The van der Waals surface area contributed by atoms with Gasteiger partial charge in [0.25, 0.3) is 0 Å². The van der Waals surface area contributed by atoms with Gasteiger partial charge in [0.15, 0.2) is 12.2 Å². The standard InChI is InChI=1S/C85H166O17P2/c1-9-77(7)63-55-47-39-32-28-24-20-16-12-14-18-22-26-30-34-42-52-60-68-85(90)102-81(72-96-83(88)66-58-50-44-43-48-56-64-78(8)10-2)74-100-104(93,94)98-70-79(86)69-97-103(91,92)99-73-80(71-95-82(87)65-57-49-40-36-35-38-46-54-62-76(5)6)101-84(89)67-59-51-41-33-29-25-21-17-13-11-15-19-23-27-31-37-45-53-61-75(3)4/h75-81,86H,9-74H2,1-8H3,(H,91,92)(H,93,94)/t77?,78?,79-,80-,81-/m1/s1. The highest BCUT2D eigenvalue weighted by Gasteiger charge is 2.30. The van der Waals surface area contributed by atoms with Crippen molar-refractivity contribution in [3.63, 3.8) is 0 Å². The molecule has 0 aliphatic heterocycles. The van der Waals surface area contributed by atoms with Crippen molar-refractivity contribution in [2.45, 2.75) is 459 Å². The van der Waals surface area contributed by atoms with E-state index >= 15 is 0 Å². The molecule has 0 heterocycles. The predicted octanol–water partition coefficient (Wildman–Crippen LogP) is 25.6. The summed E-state index contributed by atoms with van der Waals surface area (Å²) < 4.78 is 68.8. The van der Waals surface area contributed by atoms with Gasteiger partial charge in [-0.2, -0.15) is 0 Å². The summed E-state index contributed by atoms with van der Waals surface area (Å²) in [6, 6.07) is 0. The predicted molar refractivity (Wildman–Crippen MR) is 428 cm³/mol. The Bertz CT molecular complexity index is 2030. The summed E-state index contributed by atoms with van der Waals surface area (Å²) in [4.78, 5) is 73.1. The van der Waals surface area contributed by atoms with Crippen molar-refractivity contribution >= 4 is 39.5 Å². The van der Waals surface area contributed by atoms with E-state index in [1.165, 1.54) is 238 Å². The summed E-state index contributed by atoms with van der Waals surface area (Å²) in [5.41, 5.74) is 0. The lowest BCUT2D eigenvalue weighted by atomic mass is 9.99. The fourth-order valence-corrected chi connectivity index (χ4v) is 14.7. The average Bonchev–Trinajstić information content (AvgIpc) is 0.914. The third-order valence-corrected chi connectivity index (χ3v) is 22.4. The van der Waals surface area contributed by atoms with E-state index in [-0.39, 0.29) is 25.7 Å². The zero-order valence-electron chi connectivity index (χ0n) is 68.7. The summed E-state index contributed by atoms with van der Waals surface area (Å²) in [5, 5.41) is 10.7. The van der Waals surface area contributed by atoms with Gasteiger partial charge in [0, 0.05) is 25.7 Å². The highest BCUT2D eigenvalue weighted by Crippen LogP contribution is 2.45. The average molecular weight is 1520 g/mol. The van der Waals surface area contributed by atoms with Gasteiger partial charge in [0.1, 0.15) is 19.3 Å². The second-order valence-corrected chi connectivity index (χ2v) is 34.9. The van der Waals surface area contributed by atoms with Gasteiger partial charge in [0.05, 0.1) is 26.4 Å². The van der Waals surface area contributed by atoms with E-state index in [1.54, 1.807) is 0 Å². The van der Waals surface area contributed by atoms with E-state index in [1.807, 2.05) is 0 Å². The molecule has 0 aromatic carbocycles. The normalized spacial score (nSPS) is 14.5. The number of esters is 4. The minimum Gasteiger partial charge on any atom is -0.462 e. The Labute approximate surface area is 638 Å². The minimum absolute atomic E-state index is 0.107. The van der Waals surface area contributed by atoms with Gasteiger partial charge < -0.3 is 33.8 Å². The number of carbonyl (C=O) groups excluding carboxylic acids is 4. The van der Waals surface area contributed by atoms with Crippen LogP contribution in [0.5, 0.6) is 0 Å². The molecule has 0 fully saturated rings. The van der Waals surface area contributed by atoms with Crippen molar-refractivity contribution in [3.8, 4) is 0 Å². The van der Waals surface area contributed by atoms with Crippen LogP contribution in [0.1, 0.15) is 441 Å². The molecule has 0 spiro atoms. The van der Waals surface area contributed by atoms with Crippen molar-refractivity contribution < 1.29 is 80.2 Å². The smallest absolute Gasteiger partial charge is 0.462 e. The van der Waals surface area contributed by atoms with Crippen LogP contribution in [0.4, 0.5) is 0 Å². The molecule has 0 aromatic heterocycles. The number of rotatable bonds is 82. The molecule has 0 rings (SSSR count). The van der Waals surface area contributed by atoms with Crippen LogP contribution in [0.3, 0.4) is 0 Å². The van der Waals surface area contributed by atoms with E-state index in [0.717, 1.165) is 120 Å². The molecular weight excluding hydrogens is 1350 g/mol. The first-order valence-corrected chi connectivity index (χ1v) is 46.8. The lowest BCUT2D eigenvalue weighted by Gasteiger charge is -2.21. The van der Waals surface area contributed by atoms with Crippen LogP contribution in [0, 0.1) is 23.7 Å². The fourth-order valence-electron chi connectivity index (χ4n) is 13.1. The van der Waals surface area contributed by atoms with Gasteiger partial charge in [-0.05, 0) is 49.4 Å². The lowest BCUT2D eigenvalue weighted by molar-refractivity contribution is -0.161. The Morgan fingerprint density at radius 2 is 0.462 bits per heavy atom. The van der Waals surface area contributed by atoms with Gasteiger partial charge in [-0.1, -0.05) is 389 Å². The second kappa shape index (κ2) is 73.8. The van der Waals surface area contributed by atoms with Crippen molar-refractivity contribution in [2.75, 3.05) is 39.6 Å². The third-order valence-electron chi connectivity index (χ3n) is 20.5. The van der Waals surface area contributed by atoms with Crippen molar-refractivity contribution in [2.24, 2.45) is 23.7 Å². The van der Waals surface area contributed by atoms with Gasteiger partial charge in [-0.25, -0.2) is 9.13 Å². The van der Waals surface area contributed by atoms with Crippen molar-refractivity contribution in [1.82, 2.24) is 0 Å². The van der Waals surface area contributed by atoms with E-state index in [0.29, 0.717) is 25.7 Å². The number of carbonyl (C=O) groups is 4. The number of hydrogen-bond donors (Lipinski definition) is 3. The van der Waals surface area contributed by atoms with Crippen LogP contribution >= 0.6 is 15.6 Å². The number of aliphatic hydroxyl groups excluding tert-OH is 1. The molecule has 0 aromatic rings. The number of phosphoric ester groups is 2. The number of aliphatic hydroxyl groups is 1. The molecule has 0 radical (unpaired) electrons. The largest absolute Gasteiger partial charge is 0.472 e. The van der Waals surface area contributed by atoms with E-state index in [2.05, 4.69) is 55.4 Å². The summed E-state index contributed by atoms with van der Waals surface area (Å²) in [7, 11) is -9.93. The molecule has 0 aliphatic carbocycles. The molecule has 0 saturated carbocycles. The van der Waals surface area contributed by atoms with E-state index in [4.69, 9.17) is 37.0 Å². The molecule has 17 nitrogen and oxygen atoms in total. The Hall–Kier alpha value is -1.94. The maximum atomic E-state index is 13.1. The Balaban J connectivity index is 5.15. The first-order chi connectivity index (χ1) is 50.2.